The Hall–Kier alpha value is -1.64. The van der Waals surface area contributed by atoms with Gasteiger partial charge in [-0.05, 0) is 74.0 Å². The number of phenolic OH excluding ortho intramolecular Hbond substituents is 1. The fraction of sp³-hybridized carbons (Fsp3) is 0.615. The molecule has 1 atom stereocenters. The minimum Gasteiger partial charge on any atom is -0.505 e. The number of hydrogen-bond acceptors (Lipinski definition) is 1. The zero-order valence-electron chi connectivity index (χ0n) is 17.6. The maximum absolute atomic E-state index is 14.1. The van der Waals surface area contributed by atoms with Gasteiger partial charge >= 0.3 is 0 Å². The number of allylic oxidation sites excluding steroid dienone is 3. The Kier molecular flexibility index (Phi) is 8.32. The van der Waals surface area contributed by atoms with E-state index < -0.39 is 17.4 Å². The number of hydrogen-bond donors (Lipinski definition) is 1. The minimum absolute atomic E-state index is 0.310. The van der Waals surface area contributed by atoms with Crippen molar-refractivity contribution in [1.82, 2.24) is 0 Å². The van der Waals surface area contributed by atoms with Crippen LogP contribution in [-0.2, 0) is 0 Å². The molecule has 0 aromatic heterocycles. The highest BCUT2D eigenvalue weighted by atomic mass is 19.2. The minimum atomic E-state index is -1.14. The van der Waals surface area contributed by atoms with Gasteiger partial charge in [-0.2, -0.15) is 4.39 Å². The smallest absolute Gasteiger partial charge is 0.200 e. The van der Waals surface area contributed by atoms with E-state index in [0.717, 1.165) is 43.1 Å². The molecule has 1 N–H and O–H groups in total. The van der Waals surface area contributed by atoms with E-state index in [0.29, 0.717) is 11.5 Å². The Morgan fingerprint density at radius 1 is 0.897 bits per heavy atom. The first-order chi connectivity index (χ1) is 14.1. The summed E-state index contributed by atoms with van der Waals surface area (Å²) in [5.74, 6) is -0.185. The van der Waals surface area contributed by atoms with Crippen molar-refractivity contribution in [3.63, 3.8) is 0 Å². The van der Waals surface area contributed by atoms with E-state index in [4.69, 9.17) is 0 Å². The van der Waals surface area contributed by atoms with Crippen LogP contribution in [0.2, 0.25) is 0 Å². The van der Waals surface area contributed by atoms with Crippen molar-refractivity contribution < 1.29 is 13.9 Å². The van der Waals surface area contributed by atoms with E-state index in [1.54, 1.807) is 0 Å². The highest BCUT2D eigenvalue weighted by Gasteiger charge is 2.24. The van der Waals surface area contributed by atoms with E-state index in [1.165, 1.54) is 69.9 Å². The molecule has 0 amide bonds. The lowest BCUT2D eigenvalue weighted by Gasteiger charge is -2.30. The largest absolute Gasteiger partial charge is 0.505 e. The second-order valence-electron chi connectivity index (χ2n) is 9.17. The van der Waals surface area contributed by atoms with Crippen LogP contribution < -0.4 is 0 Å². The van der Waals surface area contributed by atoms with Gasteiger partial charge in [-0.1, -0.05) is 57.1 Å². The summed E-state index contributed by atoms with van der Waals surface area (Å²) in [5.41, 5.74) is 1.19. The monoisotopic (exact) mass is 402 g/mol. The molecule has 2 aliphatic rings. The molecule has 1 aromatic carbocycles. The molecule has 2 aliphatic carbocycles. The van der Waals surface area contributed by atoms with Gasteiger partial charge in [0.15, 0.2) is 11.6 Å². The zero-order valence-corrected chi connectivity index (χ0v) is 17.6. The van der Waals surface area contributed by atoms with Gasteiger partial charge < -0.3 is 5.11 Å². The highest BCUT2D eigenvalue weighted by molar-refractivity contribution is 5.67. The highest BCUT2D eigenvalue weighted by Crippen LogP contribution is 2.38. The van der Waals surface area contributed by atoms with Crippen molar-refractivity contribution in [3.05, 3.63) is 48.1 Å². The molecule has 1 nitrogen and oxygen atoms in total. The summed E-state index contributed by atoms with van der Waals surface area (Å²) in [4.78, 5) is 0. The standard InChI is InChI=1S/C26H36F2O/c1-2-3-4-5-6-19-7-9-20(10-8-19)11-12-21-13-15-22(16-14-21)23-17-18-24(29)26(28)25(23)27/h2,15,17-21,29H,1,3-14,16H2. The molecule has 3 heteroatoms. The van der Waals surface area contributed by atoms with Gasteiger partial charge in [-0.15, -0.1) is 6.58 Å². The molecule has 0 aliphatic heterocycles. The molecule has 29 heavy (non-hydrogen) atoms. The second kappa shape index (κ2) is 10.9. The topological polar surface area (TPSA) is 20.2 Å². The molecule has 0 spiro atoms. The predicted octanol–water partition coefficient (Wildman–Crippen LogP) is 8.19. The molecule has 0 heterocycles. The maximum Gasteiger partial charge on any atom is 0.200 e. The summed E-state index contributed by atoms with van der Waals surface area (Å²) >= 11 is 0. The lowest BCUT2D eigenvalue weighted by atomic mass is 9.76. The summed E-state index contributed by atoms with van der Waals surface area (Å²) in [7, 11) is 0. The van der Waals surface area contributed by atoms with Crippen LogP contribution in [0.3, 0.4) is 0 Å². The Morgan fingerprint density at radius 2 is 1.59 bits per heavy atom. The Bertz CT molecular complexity index is 701. The maximum atomic E-state index is 14.1. The third-order valence-electron chi connectivity index (χ3n) is 7.15. The SMILES string of the molecule is C=CCCCCC1CCC(CCC2CC=C(c3ccc(O)c(F)c3F)CC2)CC1. The number of aromatic hydroxyl groups is 1. The van der Waals surface area contributed by atoms with Gasteiger partial charge in [-0.25, -0.2) is 4.39 Å². The van der Waals surface area contributed by atoms with Gasteiger partial charge in [0.05, 0.1) is 0 Å². The first-order valence-corrected chi connectivity index (χ1v) is 11.6. The van der Waals surface area contributed by atoms with Crippen LogP contribution in [-0.4, -0.2) is 5.11 Å². The van der Waals surface area contributed by atoms with E-state index in [2.05, 4.69) is 12.7 Å². The van der Waals surface area contributed by atoms with E-state index in [-0.39, 0.29) is 0 Å². The molecule has 3 rings (SSSR count). The number of unbranched alkanes of at least 4 members (excludes halogenated alkanes) is 2. The average Bonchev–Trinajstić information content (AvgIpc) is 2.75. The first-order valence-electron chi connectivity index (χ1n) is 11.6. The van der Waals surface area contributed by atoms with Crippen LogP contribution in [0.25, 0.3) is 5.57 Å². The average molecular weight is 403 g/mol. The molecule has 1 aromatic rings. The molecule has 160 valence electrons. The second-order valence-corrected chi connectivity index (χ2v) is 9.17. The zero-order chi connectivity index (χ0) is 20.6. The number of rotatable bonds is 9. The van der Waals surface area contributed by atoms with Gasteiger partial charge in [0, 0.05) is 5.56 Å². The number of halogens is 2. The van der Waals surface area contributed by atoms with Crippen molar-refractivity contribution >= 4 is 5.57 Å². The Morgan fingerprint density at radius 3 is 2.24 bits per heavy atom. The van der Waals surface area contributed by atoms with Gasteiger partial charge in [0.1, 0.15) is 0 Å². The van der Waals surface area contributed by atoms with Crippen molar-refractivity contribution in [3.8, 4) is 5.75 Å². The van der Waals surface area contributed by atoms with Crippen molar-refractivity contribution in [2.75, 3.05) is 0 Å². The van der Waals surface area contributed by atoms with Gasteiger partial charge in [0.2, 0.25) is 5.82 Å². The number of phenols is 1. The normalized spacial score (nSPS) is 24.9. The quantitative estimate of drug-likeness (QED) is 0.326. The number of benzene rings is 1. The fourth-order valence-corrected chi connectivity index (χ4v) is 5.18. The molecular weight excluding hydrogens is 366 g/mol. The van der Waals surface area contributed by atoms with Crippen LogP contribution in [0.5, 0.6) is 5.75 Å². The Labute approximate surface area is 174 Å². The molecule has 0 saturated heterocycles. The third-order valence-corrected chi connectivity index (χ3v) is 7.15. The summed E-state index contributed by atoms with van der Waals surface area (Å²) < 4.78 is 27.7. The van der Waals surface area contributed by atoms with Crippen LogP contribution in [0.1, 0.15) is 89.0 Å². The molecule has 0 radical (unpaired) electrons. The molecule has 1 unspecified atom stereocenters. The molecule has 1 fully saturated rings. The molecule has 0 bridgehead atoms. The van der Waals surface area contributed by atoms with Crippen molar-refractivity contribution in [2.24, 2.45) is 17.8 Å². The van der Waals surface area contributed by atoms with E-state index in [1.807, 2.05) is 6.08 Å². The van der Waals surface area contributed by atoms with Crippen molar-refractivity contribution in [1.29, 1.82) is 0 Å². The van der Waals surface area contributed by atoms with E-state index >= 15 is 0 Å². The lowest BCUT2D eigenvalue weighted by molar-refractivity contribution is 0.235. The summed E-state index contributed by atoms with van der Waals surface area (Å²) in [6, 6.07) is 2.74. The Balaban J connectivity index is 1.38. The predicted molar refractivity (Wildman–Crippen MR) is 117 cm³/mol. The van der Waals surface area contributed by atoms with Crippen molar-refractivity contribution in [2.45, 2.75) is 83.5 Å². The fourth-order valence-electron chi connectivity index (χ4n) is 5.18. The summed E-state index contributed by atoms with van der Waals surface area (Å²) in [5, 5.41) is 9.30. The van der Waals surface area contributed by atoms with E-state index in [9.17, 15) is 13.9 Å². The lowest BCUT2D eigenvalue weighted by Crippen LogP contribution is -2.16. The summed E-state index contributed by atoms with van der Waals surface area (Å²) in [6.45, 7) is 3.80. The van der Waals surface area contributed by atoms with Crippen LogP contribution in [0, 0.1) is 29.4 Å². The molecule has 1 saturated carbocycles. The van der Waals surface area contributed by atoms with Crippen LogP contribution in [0.15, 0.2) is 30.9 Å². The van der Waals surface area contributed by atoms with Gasteiger partial charge in [-0.3, -0.25) is 0 Å². The third kappa shape index (κ3) is 6.17. The van der Waals surface area contributed by atoms with Crippen LogP contribution in [0.4, 0.5) is 8.78 Å². The van der Waals surface area contributed by atoms with Gasteiger partial charge in [0.25, 0.3) is 0 Å². The van der Waals surface area contributed by atoms with Crippen LogP contribution >= 0.6 is 0 Å². The summed E-state index contributed by atoms with van der Waals surface area (Å²) in [6.07, 6.45) is 20.3. The first kappa shape index (κ1) is 22.1. The molecular formula is C26H36F2O.